The number of phenolic OH excluding ortho intramolecular Hbond substituents is 1. The van der Waals surface area contributed by atoms with E-state index in [2.05, 4.69) is 11.9 Å². The Labute approximate surface area is 103 Å². The predicted octanol–water partition coefficient (Wildman–Crippen LogP) is 2.65. The Balaban J connectivity index is 1.77. The lowest BCUT2D eigenvalue weighted by Gasteiger charge is -2.32. The topological polar surface area (TPSA) is 32.7 Å². The van der Waals surface area contributed by atoms with E-state index in [1.54, 1.807) is 18.2 Å². The van der Waals surface area contributed by atoms with Crippen LogP contribution < -0.4 is 4.74 Å². The van der Waals surface area contributed by atoms with E-state index in [1.807, 2.05) is 6.07 Å². The average molecular weight is 235 g/mol. The monoisotopic (exact) mass is 235 g/mol. The summed E-state index contributed by atoms with van der Waals surface area (Å²) in [5.74, 6) is 0.815. The standard InChI is InChI=1S/C14H21NO2/c1-15-10-5-4-6-12(15)9-11-17-14-8-3-2-7-13(14)16/h2-3,7-8,12,16H,4-6,9-11H2,1H3. The third kappa shape index (κ3) is 3.37. The van der Waals surface area contributed by atoms with E-state index in [4.69, 9.17) is 4.74 Å². The largest absolute Gasteiger partial charge is 0.504 e. The van der Waals surface area contributed by atoms with Crippen LogP contribution in [0.25, 0.3) is 0 Å². The van der Waals surface area contributed by atoms with Crippen LogP contribution >= 0.6 is 0 Å². The molecule has 17 heavy (non-hydrogen) atoms. The molecule has 1 aliphatic rings. The first-order chi connectivity index (χ1) is 8.27. The van der Waals surface area contributed by atoms with Gasteiger partial charge in [0.05, 0.1) is 6.61 Å². The summed E-state index contributed by atoms with van der Waals surface area (Å²) in [7, 11) is 2.18. The van der Waals surface area contributed by atoms with Gasteiger partial charge in [-0.2, -0.15) is 0 Å². The number of nitrogens with zero attached hydrogens (tertiary/aromatic N) is 1. The molecule has 1 aromatic rings. The summed E-state index contributed by atoms with van der Waals surface area (Å²) in [5, 5.41) is 9.56. The van der Waals surface area contributed by atoms with Crippen LogP contribution in [-0.2, 0) is 0 Å². The van der Waals surface area contributed by atoms with Crippen LogP contribution in [0.4, 0.5) is 0 Å². The maximum absolute atomic E-state index is 9.56. The minimum atomic E-state index is 0.226. The van der Waals surface area contributed by atoms with Crippen molar-refractivity contribution in [3.63, 3.8) is 0 Å². The van der Waals surface area contributed by atoms with Crippen molar-refractivity contribution in [3.05, 3.63) is 24.3 Å². The normalized spacial score (nSPS) is 21.4. The minimum Gasteiger partial charge on any atom is -0.504 e. The van der Waals surface area contributed by atoms with Crippen molar-refractivity contribution in [1.82, 2.24) is 4.90 Å². The zero-order chi connectivity index (χ0) is 12.1. The second kappa shape index (κ2) is 5.92. The number of ether oxygens (including phenoxy) is 1. The molecule has 1 N–H and O–H groups in total. The zero-order valence-electron chi connectivity index (χ0n) is 10.4. The van der Waals surface area contributed by atoms with Gasteiger partial charge >= 0.3 is 0 Å². The van der Waals surface area contributed by atoms with Crippen LogP contribution in [-0.4, -0.2) is 36.2 Å². The van der Waals surface area contributed by atoms with E-state index < -0.39 is 0 Å². The molecular weight excluding hydrogens is 214 g/mol. The second-order valence-electron chi connectivity index (χ2n) is 4.74. The van der Waals surface area contributed by atoms with E-state index in [1.165, 1.54) is 25.8 Å². The number of likely N-dealkylation sites (tertiary alicyclic amines) is 1. The number of piperidine rings is 1. The maximum atomic E-state index is 9.56. The van der Waals surface area contributed by atoms with Gasteiger partial charge in [-0.05, 0) is 45.0 Å². The highest BCUT2D eigenvalue weighted by Crippen LogP contribution is 2.25. The van der Waals surface area contributed by atoms with Crippen LogP contribution in [0, 0.1) is 0 Å². The van der Waals surface area contributed by atoms with E-state index in [0.717, 1.165) is 6.42 Å². The molecule has 94 valence electrons. The fourth-order valence-electron chi connectivity index (χ4n) is 2.39. The van der Waals surface area contributed by atoms with E-state index in [9.17, 15) is 5.11 Å². The lowest BCUT2D eigenvalue weighted by Crippen LogP contribution is -2.37. The first-order valence-corrected chi connectivity index (χ1v) is 6.38. The highest BCUT2D eigenvalue weighted by atomic mass is 16.5. The van der Waals surface area contributed by atoms with Crippen LogP contribution in [0.1, 0.15) is 25.7 Å². The van der Waals surface area contributed by atoms with Crippen LogP contribution in [0.3, 0.4) is 0 Å². The molecule has 3 nitrogen and oxygen atoms in total. The Morgan fingerprint density at radius 3 is 2.94 bits per heavy atom. The van der Waals surface area contributed by atoms with Gasteiger partial charge in [0.25, 0.3) is 0 Å². The molecule has 1 heterocycles. The Bertz CT molecular complexity index is 354. The van der Waals surface area contributed by atoms with Crippen molar-refractivity contribution in [1.29, 1.82) is 0 Å². The summed E-state index contributed by atoms with van der Waals surface area (Å²) in [4.78, 5) is 2.41. The first-order valence-electron chi connectivity index (χ1n) is 6.38. The molecule has 0 amide bonds. The number of para-hydroxylation sites is 2. The second-order valence-corrected chi connectivity index (χ2v) is 4.74. The fraction of sp³-hybridized carbons (Fsp3) is 0.571. The first kappa shape index (κ1) is 12.2. The van der Waals surface area contributed by atoms with E-state index in [-0.39, 0.29) is 5.75 Å². The Morgan fingerprint density at radius 1 is 1.35 bits per heavy atom. The summed E-state index contributed by atoms with van der Waals surface area (Å²) < 4.78 is 5.61. The van der Waals surface area contributed by atoms with Gasteiger partial charge < -0.3 is 14.7 Å². The van der Waals surface area contributed by atoms with Crippen LogP contribution in [0.5, 0.6) is 11.5 Å². The number of rotatable bonds is 4. The summed E-state index contributed by atoms with van der Waals surface area (Å²) in [5.41, 5.74) is 0. The lowest BCUT2D eigenvalue weighted by molar-refractivity contribution is 0.152. The number of phenols is 1. The van der Waals surface area contributed by atoms with Gasteiger partial charge in [-0.3, -0.25) is 0 Å². The SMILES string of the molecule is CN1CCCCC1CCOc1ccccc1O. The number of aromatic hydroxyl groups is 1. The van der Waals surface area contributed by atoms with Crippen molar-refractivity contribution in [3.8, 4) is 11.5 Å². The van der Waals surface area contributed by atoms with Gasteiger partial charge in [0.15, 0.2) is 11.5 Å². The van der Waals surface area contributed by atoms with Crippen molar-refractivity contribution < 1.29 is 9.84 Å². The number of hydrogen-bond donors (Lipinski definition) is 1. The summed E-state index contributed by atoms with van der Waals surface area (Å²) >= 11 is 0. The molecule has 1 aromatic carbocycles. The van der Waals surface area contributed by atoms with Crippen molar-refractivity contribution in [2.75, 3.05) is 20.2 Å². The summed E-state index contributed by atoms with van der Waals surface area (Å²) in [6, 6.07) is 7.77. The predicted molar refractivity (Wildman–Crippen MR) is 68.5 cm³/mol. The summed E-state index contributed by atoms with van der Waals surface area (Å²) in [6.45, 7) is 1.87. The van der Waals surface area contributed by atoms with Gasteiger partial charge in [0, 0.05) is 6.04 Å². The molecule has 2 rings (SSSR count). The van der Waals surface area contributed by atoms with Crippen molar-refractivity contribution in [2.45, 2.75) is 31.7 Å². The Hall–Kier alpha value is -1.22. The van der Waals surface area contributed by atoms with Gasteiger partial charge in [0.2, 0.25) is 0 Å². The number of benzene rings is 1. The third-order valence-electron chi connectivity index (χ3n) is 3.50. The van der Waals surface area contributed by atoms with Crippen molar-refractivity contribution in [2.24, 2.45) is 0 Å². The lowest BCUT2D eigenvalue weighted by atomic mass is 10.0. The average Bonchev–Trinajstić information content (AvgIpc) is 2.34. The molecule has 0 aromatic heterocycles. The molecule has 1 aliphatic heterocycles. The molecular formula is C14H21NO2. The third-order valence-corrected chi connectivity index (χ3v) is 3.50. The maximum Gasteiger partial charge on any atom is 0.160 e. The Kier molecular flexibility index (Phi) is 4.26. The molecule has 0 bridgehead atoms. The van der Waals surface area contributed by atoms with Gasteiger partial charge in [0.1, 0.15) is 0 Å². The molecule has 0 radical (unpaired) electrons. The zero-order valence-corrected chi connectivity index (χ0v) is 10.4. The van der Waals surface area contributed by atoms with E-state index in [0.29, 0.717) is 18.4 Å². The molecule has 1 saturated heterocycles. The molecule has 0 saturated carbocycles. The molecule has 1 fully saturated rings. The number of hydrogen-bond acceptors (Lipinski definition) is 3. The minimum absolute atomic E-state index is 0.226. The quantitative estimate of drug-likeness (QED) is 0.871. The smallest absolute Gasteiger partial charge is 0.160 e. The van der Waals surface area contributed by atoms with E-state index >= 15 is 0 Å². The Morgan fingerprint density at radius 2 is 2.18 bits per heavy atom. The fourth-order valence-corrected chi connectivity index (χ4v) is 2.39. The highest BCUT2D eigenvalue weighted by Gasteiger charge is 2.18. The van der Waals surface area contributed by atoms with Gasteiger partial charge in [-0.1, -0.05) is 18.6 Å². The molecule has 0 aliphatic carbocycles. The van der Waals surface area contributed by atoms with Crippen LogP contribution in [0.2, 0.25) is 0 Å². The molecule has 1 atom stereocenters. The molecule has 1 unspecified atom stereocenters. The van der Waals surface area contributed by atoms with Crippen molar-refractivity contribution >= 4 is 0 Å². The molecule has 3 heteroatoms. The van der Waals surface area contributed by atoms with Crippen LogP contribution in [0.15, 0.2) is 24.3 Å². The van der Waals surface area contributed by atoms with Gasteiger partial charge in [-0.15, -0.1) is 0 Å². The molecule has 0 spiro atoms. The van der Waals surface area contributed by atoms with Gasteiger partial charge in [-0.25, -0.2) is 0 Å². The highest BCUT2D eigenvalue weighted by molar-refractivity contribution is 5.37. The summed E-state index contributed by atoms with van der Waals surface area (Å²) in [6.07, 6.45) is 4.93.